The predicted octanol–water partition coefficient (Wildman–Crippen LogP) is 2.25. The van der Waals surface area contributed by atoms with Gasteiger partial charge in [0.05, 0.1) is 4.90 Å². The molecular formula is C10H10O2S. The molecule has 0 amide bonds. The molecule has 0 unspecified atom stereocenters. The van der Waals surface area contributed by atoms with Gasteiger partial charge in [0.25, 0.3) is 0 Å². The first kappa shape index (κ1) is 9.74. The van der Waals surface area contributed by atoms with E-state index in [0.29, 0.717) is 0 Å². The molecule has 0 aliphatic heterocycles. The molecule has 0 N–H and O–H groups in total. The summed E-state index contributed by atoms with van der Waals surface area (Å²) >= 11 is 0. The van der Waals surface area contributed by atoms with Crippen LogP contribution in [0.3, 0.4) is 0 Å². The van der Waals surface area contributed by atoms with E-state index in [-0.39, 0.29) is 4.90 Å². The first-order chi connectivity index (χ1) is 6.10. The molecule has 0 aliphatic carbocycles. The quantitative estimate of drug-likeness (QED) is 0.739. The summed E-state index contributed by atoms with van der Waals surface area (Å²) in [5.74, 6) is 0. The van der Waals surface area contributed by atoms with Crippen LogP contribution >= 0.6 is 0 Å². The Balaban J connectivity index is 3.32. The van der Waals surface area contributed by atoms with Gasteiger partial charge >= 0.3 is 0 Å². The molecule has 0 heterocycles. The van der Waals surface area contributed by atoms with Gasteiger partial charge in [0.1, 0.15) is 0 Å². The highest BCUT2D eigenvalue weighted by atomic mass is 32.2. The zero-order valence-electron chi connectivity index (χ0n) is 7.10. The molecular weight excluding hydrogens is 184 g/mol. The zero-order valence-corrected chi connectivity index (χ0v) is 7.92. The highest BCUT2D eigenvalue weighted by Gasteiger charge is 2.08. The Hall–Kier alpha value is -1.35. The third kappa shape index (κ3) is 2.06. The van der Waals surface area contributed by atoms with Gasteiger partial charge in [-0.15, -0.1) is 0 Å². The van der Waals surface area contributed by atoms with Crippen LogP contribution in [0.2, 0.25) is 0 Å². The molecule has 0 bridgehead atoms. The Kier molecular flexibility index (Phi) is 2.68. The Morgan fingerprint density at radius 2 is 1.92 bits per heavy atom. The van der Waals surface area contributed by atoms with Crippen molar-refractivity contribution in [2.45, 2.75) is 4.90 Å². The van der Waals surface area contributed by atoms with Gasteiger partial charge in [-0.1, -0.05) is 31.4 Å². The molecule has 1 rings (SSSR count). The minimum Gasteiger partial charge on any atom is -0.219 e. The maximum atomic E-state index is 11.3. The topological polar surface area (TPSA) is 34.1 Å². The van der Waals surface area contributed by atoms with E-state index in [1.807, 2.05) is 0 Å². The van der Waals surface area contributed by atoms with Crippen molar-refractivity contribution in [1.82, 2.24) is 0 Å². The van der Waals surface area contributed by atoms with Crippen molar-refractivity contribution in [2.75, 3.05) is 0 Å². The lowest BCUT2D eigenvalue weighted by Crippen LogP contribution is -1.95. The fraction of sp³-hybridized carbons (Fsp3) is 0. The van der Waals surface area contributed by atoms with Gasteiger partial charge in [-0.2, -0.15) is 0 Å². The van der Waals surface area contributed by atoms with Crippen molar-refractivity contribution in [1.29, 1.82) is 0 Å². The van der Waals surface area contributed by atoms with Crippen molar-refractivity contribution in [3.05, 3.63) is 48.4 Å². The SMILES string of the molecule is C=Cc1cccc(S(=O)(=O)C=C)c1. The first-order valence-electron chi connectivity index (χ1n) is 3.70. The molecule has 0 fully saturated rings. The lowest BCUT2D eigenvalue weighted by molar-refractivity contribution is 0.604. The standard InChI is InChI=1S/C10H10O2S/c1-3-9-6-5-7-10(8-9)13(11,12)4-2/h3-8H,1-2H2. The van der Waals surface area contributed by atoms with Crippen LogP contribution < -0.4 is 0 Å². The molecule has 1 aromatic carbocycles. The number of rotatable bonds is 3. The molecule has 0 saturated heterocycles. The van der Waals surface area contributed by atoms with Crippen molar-refractivity contribution in [3.63, 3.8) is 0 Å². The molecule has 0 radical (unpaired) electrons. The second kappa shape index (κ2) is 3.58. The Morgan fingerprint density at radius 3 is 2.46 bits per heavy atom. The van der Waals surface area contributed by atoms with Crippen LogP contribution in [0.5, 0.6) is 0 Å². The molecule has 0 aromatic heterocycles. The average molecular weight is 194 g/mol. The maximum absolute atomic E-state index is 11.3. The predicted molar refractivity (Wildman–Crippen MR) is 53.9 cm³/mol. The van der Waals surface area contributed by atoms with E-state index < -0.39 is 9.84 Å². The van der Waals surface area contributed by atoms with E-state index in [9.17, 15) is 8.42 Å². The Morgan fingerprint density at radius 1 is 1.23 bits per heavy atom. The van der Waals surface area contributed by atoms with Gasteiger partial charge in [-0.25, -0.2) is 8.42 Å². The van der Waals surface area contributed by atoms with E-state index >= 15 is 0 Å². The van der Waals surface area contributed by atoms with Crippen LogP contribution in [-0.2, 0) is 9.84 Å². The largest absolute Gasteiger partial charge is 0.219 e. The van der Waals surface area contributed by atoms with Gasteiger partial charge in [0.2, 0.25) is 0 Å². The van der Waals surface area contributed by atoms with Crippen LogP contribution in [-0.4, -0.2) is 8.42 Å². The van der Waals surface area contributed by atoms with E-state index in [1.165, 1.54) is 6.07 Å². The minimum atomic E-state index is -3.31. The minimum absolute atomic E-state index is 0.250. The monoisotopic (exact) mass is 194 g/mol. The van der Waals surface area contributed by atoms with E-state index in [0.717, 1.165) is 11.0 Å². The summed E-state index contributed by atoms with van der Waals surface area (Å²) in [6.07, 6.45) is 1.60. The third-order valence-electron chi connectivity index (χ3n) is 1.64. The smallest absolute Gasteiger partial charge is 0.199 e. The molecule has 3 heteroatoms. The van der Waals surface area contributed by atoms with Gasteiger partial charge < -0.3 is 0 Å². The first-order valence-corrected chi connectivity index (χ1v) is 5.25. The van der Waals surface area contributed by atoms with Gasteiger partial charge in [-0.3, -0.25) is 0 Å². The lowest BCUT2D eigenvalue weighted by Gasteiger charge is -1.99. The summed E-state index contributed by atoms with van der Waals surface area (Å²) in [4.78, 5) is 0.250. The summed E-state index contributed by atoms with van der Waals surface area (Å²) in [6, 6.07) is 6.55. The van der Waals surface area contributed by atoms with Crippen LogP contribution in [0.25, 0.3) is 6.08 Å². The van der Waals surface area contributed by atoms with Crippen LogP contribution in [0.4, 0.5) is 0 Å². The zero-order chi connectivity index (χ0) is 9.90. The van der Waals surface area contributed by atoms with Crippen LogP contribution in [0, 0.1) is 0 Å². The molecule has 1 aromatic rings. The second-order valence-corrected chi connectivity index (χ2v) is 4.38. The average Bonchev–Trinajstić information content (AvgIpc) is 2.18. The Labute approximate surface area is 78.1 Å². The molecule has 0 spiro atoms. The van der Waals surface area contributed by atoms with Gasteiger partial charge in [0.15, 0.2) is 9.84 Å². The van der Waals surface area contributed by atoms with Gasteiger partial charge in [0, 0.05) is 5.41 Å². The van der Waals surface area contributed by atoms with E-state index in [2.05, 4.69) is 13.2 Å². The Bertz CT molecular complexity index is 430. The fourth-order valence-electron chi connectivity index (χ4n) is 0.915. The number of sulfone groups is 1. The van der Waals surface area contributed by atoms with Crippen molar-refractivity contribution in [2.24, 2.45) is 0 Å². The molecule has 68 valence electrons. The molecule has 0 saturated carbocycles. The van der Waals surface area contributed by atoms with Crippen molar-refractivity contribution >= 4 is 15.9 Å². The maximum Gasteiger partial charge on any atom is 0.199 e. The third-order valence-corrected chi connectivity index (χ3v) is 2.99. The summed E-state index contributed by atoms with van der Waals surface area (Å²) in [7, 11) is -3.31. The number of hydrogen-bond acceptors (Lipinski definition) is 2. The molecule has 13 heavy (non-hydrogen) atoms. The highest BCUT2D eigenvalue weighted by Crippen LogP contribution is 2.14. The summed E-state index contributed by atoms with van der Waals surface area (Å²) in [5, 5.41) is 0.940. The van der Waals surface area contributed by atoms with E-state index in [1.54, 1.807) is 24.3 Å². The fourth-order valence-corrected chi connectivity index (χ4v) is 1.68. The lowest BCUT2D eigenvalue weighted by atomic mass is 10.2. The normalized spacial score (nSPS) is 10.8. The second-order valence-electron chi connectivity index (χ2n) is 2.49. The van der Waals surface area contributed by atoms with Crippen LogP contribution in [0.15, 0.2) is 47.7 Å². The molecule has 2 nitrogen and oxygen atoms in total. The highest BCUT2D eigenvalue weighted by molar-refractivity contribution is 7.94. The summed E-state index contributed by atoms with van der Waals surface area (Å²) in [5.41, 5.74) is 0.780. The number of hydrogen-bond donors (Lipinski definition) is 0. The van der Waals surface area contributed by atoms with Gasteiger partial charge in [-0.05, 0) is 17.7 Å². The van der Waals surface area contributed by atoms with Crippen molar-refractivity contribution < 1.29 is 8.42 Å². The van der Waals surface area contributed by atoms with Crippen molar-refractivity contribution in [3.8, 4) is 0 Å². The summed E-state index contributed by atoms with van der Waals surface area (Å²) in [6.45, 7) is 6.81. The molecule has 0 aliphatic rings. The summed E-state index contributed by atoms with van der Waals surface area (Å²) < 4.78 is 22.6. The van der Waals surface area contributed by atoms with Crippen LogP contribution in [0.1, 0.15) is 5.56 Å². The van der Waals surface area contributed by atoms with E-state index in [4.69, 9.17) is 0 Å². The molecule has 0 atom stereocenters. The number of benzene rings is 1.